The van der Waals surface area contributed by atoms with E-state index in [0.29, 0.717) is 12.0 Å². The van der Waals surface area contributed by atoms with Crippen LogP contribution >= 0.6 is 0 Å². The summed E-state index contributed by atoms with van der Waals surface area (Å²) >= 11 is 0. The third-order valence-electron chi connectivity index (χ3n) is 3.87. The van der Waals surface area contributed by atoms with Gasteiger partial charge in [-0.15, -0.1) is 0 Å². The molecular formula is C16H23N5. The summed E-state index contributed by atoms with van der Waals surface area (Å²) in [6.45, 7) is 8.81. The van der Waals surface area contributed by atoms with Crippen LogP contribution < -0.4 is 0 Å². The largest absolute Gasteiger partial charge is 0.343 e. The molecule has 0 saturated carbocycles. The van der Waals surface area contributed by atoms with Crippen LogP contribution in [0.5, 0.6) is 0 Å². The van der Waals surface area contributed by atoms with Gasteiger partial charge in [-0.05, 0) is 38.3 Å². The first-order valence-electron chi connectivity index (χ1n) is 7.73. The summed E-state index contributed by atoms with van der Waals surface area (Å²) in [5.41, 5.74) is 1.89. The Morgan fingerprint density at radius 1 is 1.38 bits per heavy atom. The van der Waals surface area contributed by atoms with Crippen LogP contribution in [0.1, 0.15) is 44.2 Å². The quantitative estimate of drug-likeness (QED) is 0.938. The molecule has 112 valence electrons. The Kier molecular flexibility index (Phi) is 4.01. The summed E-state index contributed by atoms with van der Waals surface area (Å²) < 4.78 is 0. The zero-order valence-electron chi connectivity index (χ0n) is 13.0. The Morgan fingerprint density at radius 2 is 2.24 bits per heavy atom. The molecule has 2 aromatic heterocycles. The van der Waals surface area contributed by atoms with Crippen LogP contribution in [-0.2, 0) is 0 Å². The third-order valence-corrected chi connectivity index (χ3v) is 3.87. The van der Waals surface area contributed by atoms with Gasteiger partial charge in [0.25, 0.3) is 0 Å². The number of aromatic amines is 1. The van der Waals surface area contributed by atoms with Crippen molar-refractivity contribution in [3.8, 4) is 11.5 Å². The van der Waals surface area contributed by atoms with Crippen molar-refractivity contribution in [2.45, 2.75) is 39.7 Å². The summed E-state index contributed by atoms with van der Waals surface area (Å²) in [4.78, 5) is 19.4. The Labute approximate surface area is 125 Å². The average molecular weight is 285 g/mol. The van der Waals surface area contributed by atoms with Crippen molar-refractivity contribution in [3.63, 3.8) is 0 Å². The highest BCUT2D eigenvalue weighted by Gasteiger charge is 2.29. The second-order valence-electron chi connectivity index (χ2n) is 6.24. The molecule has 1 atom stereocenters. The minimum absolute atomic E-state index is 0.348. The number of imidazole rings is 1. The van der Waals surface area contributed by atoms with Crippen molar-refractivity contribution in [1.29, 1.82) is 0 Å². The van der Waals surface area contributed by atoms with Crippen LogP contribution in [0.4, 0.5) is 0 Å². The van der Waals surface area contributed by atoms with Crippen LogP contribution in [0, 0.1) is 12.8 Å². The van der Waals surface area contributed by atoms with E-state index in [4.69, 9.17) is 4.98 Å². The molecule has 0 aromatic carbocycles. The van der Waals surface area contributed by atoms with E-state index in [1.807, 2.05) is 19.2 Å². The lowest BCUT2D eigenvalue weighted by Crippen LogP contribution is -2.28. The third kappa shape index (κ3) is 3.13. The highest BCUT2D eigenvalue weighted by Crippen LogP contribution is 2.31. The fourth-order valence-corrected chi connectivity index (χ4v) is 3.07. The van der Waals surface area contributed by atoms with Crippen molar-refractivity contribution < 1.29 is 0 Å². The molecule has 5 heteroatoms. The number of hydrogen-bond donors (Lipinski definition) is 1. The minimum Gasteiger partial charge on any atom is -0.343 e. The van der Waals surface area contributed by atoms with Gasteiger partial charge in [-0.2, -0.15) is 0 Å². The molecule has 0 aliphatic carbocycles. The van der Waals surface area contributed by atoms with Crippen molar-refractivity contribution in [1.82, 2.24) is 24.8 Å². The van der Waals surface area contributed by atoms with Gasteiger partial charge in [0.1, 0.15) is 11.5 Å². The molecule has 0 spiro atoms. The molecule has 1 aliphatic rings. The normalized spacial score (nSPS) is 19.5. The van der Waals surface area contributed by atoms with Gasteiger partial charge in [0.15, 0.2) is 5.82 Å². The Balaban J connectivity index is 1.91. The summed E-state index contributed by atoms with van der Waals surface area (Å²) in [7, 11) is 0. The van der Waals surface area contributed by atoms with E-state index in [1.54, 1.807) is 6.20 Å². The van der Waals surface area contributed by atoms with E-state index in [-0.39, 0.29) is 0 Å². The maximum atomic E-state index is 4.77. The summed E-state index contributed by atoms with van der Waals surface area (Å²) in [5, 5.41) is 0. The molecule has 0 unspecified atom stereocenters. The molecule has 3 rings (SSSR count). The summed E-state index contributed by atoms with van der Waals surface area (Å²) in [6.07, 6.45) is 5.96. The predicted molar refractivity (Wildman–Crippen MR) is 82.7 cm³/mol. The fourth-order valence-electron chi connectivity index (χ4n) is 3.07. The van der Waals surface area contributed by atoms with Crippen molar-refractivity contribution in [2.24, 2.45) is 5.92 Å². The molecule has 1 saturated heterocycles. The Hall–Kier alpha value is -1.75. The first kappa shape index (κ1) is 14.2. The summed E-state index contributed by atoms with van der Waals surface area (Å²) in [6, 6.07) is 2.34. The van der Waals surface area contributed by atoms with Crippen LogP contribution in [-0.4, -0.2) is 37.9 Å². The number of likely N-dealkylation sites (tertiary alicyclic amines) is 1. The standard InChI is InChI=1S/C16H23N5/c1-11(2)10-21-8-4-5-14(21)16-19-12(3)9-13(20-16)15-17-6-7-18-15/h6-7,9,11,14H,4-5,8,10H2,1-3H3,(H,17,18)/t14-/m0/s1. The van der Waals surface area contributed by atoms with Crippen LogP contribution in [0.3, 0.4) is 0 Å². The molecule has 0 bridgehead atoms. The van der Waals surface area contributed by atoms with E-state index in [0.717, 1.165) is 42.5 Å². The minimum atomic E-state index is 0.348. The molecule has 2 aromatic rings. The molecular weight excluding hydrogens is 262 g/mol. The molecule has 5 nitrogen and oxygen atoms in total. The molecule has 3 heterocycles. The van der Waals surface area contributed by atoms with Gasteiger partial charge >= 0.3 is 0 Å². The van der Waals surface area contributed by atoms with Crippen molar-refractivity contribution >= 4 is 0 Å². The lowest BCUT2D eigenvalue weighted by Gasteiger charge is -2.25. The summed E-state index contributed by atoms with van der Waals surface area (Å²) in [5.74, 6) is 2.43. The van der Waals surface area contributed by atoms with Gasteiger partial charge in [0.05, 0.1) is 6.04 Å². The number of hydrogen-bond acceptors (Lipinski definition) is 4. The zero-order chi connectivity index (χ0) is 14.8. The highest BCUT2D eigenvalue weighted by molar-refractivity contribution is 5.49. The van der Waals surface area contributed by atoms with Gasteiger partial charge in [0, 0.05) is 24.6 Å². The van der Waals surface area contributed by atoms with Gasteiger partial charge < -0.3 is 4.98 Å². The Morgan fingerprint density at radius 3 is 2.95 bits per heavy atom. The lowest BCUT2D eigenvalue weighted by molar-refractivity contribution is 0.221. The first-order valence-corrected chi connectivity index (χ1v) is 7.73. The number of aromatic nitrogens is 4. The van der Waals surface area contributed by atoms with Gasteiger partial charge in [-0.25, -0.2) is 15.0 Å². The van der Waals surface area contributed by atoms with E-state index < -0.39 is 0 Å². The van der Waals surface area contributed by atoms with Crippen LogP contribution in [0.15, 0.2) is 18.5 Å². The van der Waals surface area contributed by atoms with E-state index in [9.17, 15) is 0 Å². The van der Waals surface area contributed by atoms with Gasteiger partial charge in [0.2, 0.25) is 0 Å². The molecule has 1 N–H and O–H groups in total. The molecule has 0 radical (unpaired) electrons. The Bertz CT molecular complexity index is 591. The highest BCUT2D eigenvalue weighted by atomic mass is 15.2. The number of aryl methyl sites for hydroxylation is 1. The average Bonchev–Trinajstić information content (AvgIpc) is 3.07. The number of H-pyrrole nitrogens is 1. The van der Waals surface area contributed by atoms with Crippen LogP contribution in [0.25, 0.3) is 11.5 Å². The zero-order valence-corrected chi connectivity index (χ0v) is 13.0. The van der Waals surface area contributed by atoms with E-state index in [2.05, 4.69) is 33.7 Å². The molecule has 1 fully saturated rings. The van der Waals surface area contributed by atoms with E-state index >= 15 is 0 Å². The number of rotatable bonds is 4. The van der Waals surface area contributed by atoms with Gasteiger partial charge in [-0.1, -0.05) is 13.8 Å². The molecule has 1 aliphatic heterocycles. The molecule has 0 amide bonds. The smallest absolute Gasteiger partial charge is 0.156 e. The number of nitrogens with one attached hydrogen (secondary N) is 1. The fraction of sp³-hybridized carbons (Fsp3) is 0.562. The molecule has 21 heavy (non-hydrogen) atoms. The maximum absolute atomic E-state index is 4.77. The topological polar surface area (TPSA) is 57.7 Å². The lowest BCUT2D eigenvalue weighted by atomic mass is 10.1. The van der Waals surface area contributed by atoms with Crippen molar-refractivity contribution in [2.75, 3.05) is 13.1 Å². The second kappa shape index (κ2) is 5.93. The van der Waals surface area contributed by atoms with Crippen LogP contribution in [0.2, 0.25) is 0 Å². The first-order chi connectivity index (χ1) is 10.1. The predicted octanol–water partition coefficient (Wildman–Crippen LogP) is 2.97. The number of nitrogens with zero attached hydrogens (tertiary/aromatic N) is 4. The maximum Gasteiger partial charge on any atom is 0.156 e. The SMILES string of the molecule is Cc1cc(-c2ncc[nH]2)nc([C@@H]2CCCN2CC(C)C)n1. The monoisotopic (exact) mass is 285 g/mol. The second-order valence-corrected chi connectivity index (χ2v) is 6.24. The van der Waals surface area contributed by atoms with Gasteiger partial charge in [-0.3, -0.25) is 4.90 Å². The van der Waals surface area contributed by atoms with E-state index in [1.165, 1.54) is 6.42 Å². The van der Waals surface area contributed by atoms with Crippen molar-refractivity contribution in [3.05, 3.63) is 30.0 Å².